The van der Waals surface area contributed by atoms with Crippen LogP contribution in [0.15, 0.2) is 35.5 Å². The minimum atomic E-state index is 0.359. The summed E-state index contributed by atoms with van der Waals surface area (Å²) in [4.78, 5) is 0. The van der Waals surface area contributed by atoms with Crippen LogP contribution in [0.2, 0.25) is 0 Å². The van der Waals surface area contributed by atoms with E-state index in [9.17, 15) is 0 Å². The van der Waals surface area contributed by atoms with Gasteiger partial charge >= 0.3 is 0 Å². The summed E-state index contributed by atoms with van der Waals surface area (Å²) in [7, 11) is 0. The molecular formula is C13H20. The van der Waals surface area contributed by atoms with Crippen molar-refractivity contribution in [1.29, 1.82) is 0 Å². The summed E-state index contributed by atoms with van der Waals surface area (Å²) in [5.74, 6) is 0. The quantitative estimate of drug-likeness (QED) is 0.560. The van der Waals surface area contributed by atoms with Crippen molar-refractivity contribution in [1.82, 2.24) is 0 Å². The molecule has 13 heavy (non-hydrogen) atoms. The topological polar surface area (TPSA) is 0 Å². The van der Waals surface area contributed by atoms with Gasteiger partial charge in [0, 0.05) is 0 Å². The minimum Gasteiger partial charge on any atom is -0.0877 e. The summed E-state index contributed by atoms with van der Waals surface area (Å²) in [6, 6.07) is 0. The van der Waals surface area contributed by atoms with Gasteiger partial charge in [-0.2, -0.15) is 0 Å². The summed E-state index contributed by atoms with van der Waals surface area (Å²) in [6.07, 6.45) is 11.3. The number of hydrogen-bond acceptors (Lipinski definition) is 0. The van der Waals surface area contributed by atoms with Gasteiger partial charge in [0.25, 0.3) is 0 Å². The third-order valence-electron chi connectivity index (χ3n) is 2.83. The third kappa shape index (κ3) is 2.33. The van der Waals surface area contributed by atoms with Gasteiger partial charge in [0.1, 0.15) is 0 Å². The first kappa shape index (κ1) is 10.3. The molecule has 0 atom stereocenters. The van der Waals surface area contributed by atoms with Crippen LogP contribution in [0.5, 0.6) is 0 Å². The van der Waals surface area contributed by atoms with Crippen LogP contribution in [0.1, 0.15) is 40.5 Å². The van der Waals surface area contributed by atoms with Crippen LogP contribution < -0.4 is 0 Å². The second kappa shape index (κ2) is 3.95. The van der Waals surface area contributed by atoms with Crippen LogP contribution in [0.25, 0.3) is 0 Å². The van der Waals surface area contributed by atoms with E-state index < -0.39 is 0 Å². The summed E-state index contributed by atoms with van der Waals surface area (Å²) >= 11 is 0. The number of allylic oxidation sites excluding steroid dienone is 6. The zero-order valence-corrected chi connectivity index (χ0v) is 9.22. The van der Waals surface area contributed by atoms with E-state index in [0.29, 0.717) is 5.41 Å². The minimum absolute atomic E-state index is 0.359. The highest BCUT2D eigenvalue weighted by molar-refractivity contribution is 5.39. The lowest BCUT2D eigenvalue weighted by molar-refractivity contribution is 0.404. The van der Waals surface area contributed by atoms with E-state index in [1.165, 1.54) is 24.0 Å². The molecule has 0 aromatic rings. The van der Waals surface area contributed by atoms with Crippen LogP contribution in [0, 0.1) is 5.41 Å². The number of rotatable bonds is 1. The Hall–Kier alpha value is -0.780. The van der Waals surface area contributed by atoms with Crippen LogP contribution in [-0.4, -0.2) is 0 Å². The molecule has 0 saturated carbocycles. The molecule has 0 unspecified atom stereocenters. The van der Waals surface area contributed by atoms with E-state index in [1.54, 1.807) is 0 Å². The van der Waals surface area contributed by atoms with Crippen LogP contribution in [0.3, 0.4) is 0 Å². The lowest BCUT2D eigenvalue weighted by Gasteiger charge is -2.32. The van der Waals surface area contributed by atoms with Crippen molar-refractivity contribution in [2.24, 2.45) is 5.41 Å². The molecule has 0 heteroatoms. The fourth-order valence-electron chi connectivity index (χ4n) is 1.98. The molecule has 0 nitrogen and oxygen atoms in total. The smallest absolute Gasteiger partial charge is 0.00981 e. The molecule has 0 aromatic heterocycles. The number of hydrogen-bond donors (Lipinski definition) is 0. The van der Waals surface area contributed by atoms with E-state index in [2.05, 4.69) is 52.0 Å². The van der Waals surface area contributed by atoms with E-state index in [-0.39, 0.29) is 0 Å². The predicted octanol–water partition coefficient (Wildman–Crippen LogP) is 4.26. The molecule has 1 aliphatic rings. The summed E-state index contributed by atoms with van der Waals surface area (Å²) in [5, 5.41) is 0. The Morgan fingerprint density at radius 3 is 2.62 bits per heavy atom. The highest BCUT2D eigenvalue weighted by Gasteiger charge is 2.25. The normalized spacial score (nSPS) is 25.2. The summed E-state index contributed by atoms with van der Waals surface area (Å²) in [5.41, 5.74) is 3.31. The first-order chi connectivity index (χ1) is 6.08. The molecule has 0 spiro atoms. The molecule has 1 rings (SSSR count). The molecule has 0 saturated heterocycles. The maximum absolute atomic E-state index is 2.35. The molecule has 0 amide bonds. The highest BCUT2D eigenvalue weighted by atomic mass is 14.3. The predicted molar refractivity (Wildman–Crippen MR) is 59.7 cm³/mol. The zero-order valence-electron chi connectivity index (χ0n) is 9.22. The van der Waals surface area contributed by atoms with Gasteiger partial charge in [0.2, 0.25) is 0 Å². The fourth-order valence-corrected chi connectivity index (χ4v) is 1.98. The molecular weight excluding hydrogens is 156 g/mol. The van der Waals surface area contributed by atoms with E-state index in [1.807, 2.05) is 0 Å². The summed E-state index contributed by atoms with van der Waals surface area (Å²) < 4.78 is 0. The Labute approximate surface area is 82.0 Å². The van der Waals surface area contributed by atoms with Gasteiger partial charge in [-0.05, 0) is 37.7 Å². The van der Waals surface area contributed by atoms with Crippen molar-refractivity contribution >= 4 is 0 Å². The van der Waals surface area contributed by atoms with E-state index >= 15 is 0 Å². The van der Waals surface area contributed by atoms with Crippen molar-refractivity contribution in [2.45, 2.75) is 40.5 Å². The van der Waals surface area contributed by atoms with Gasteiger partial charge in [-0.3, -0.25) is 0 Å². The Kier molecular flexibility index (Phi) is 3.13. The van der Waals surface area contributed by atoms with Crippen molar-refractivity contribution in [3.63, 3.8) is 0 Å². The van der Waals surface area contributed by atoms with Gasteiger partial charge < -0.3 is 0 Å². The van der Waals surface area contributed by atoms with Crippen molar-refractivity contribution in [3.05, 3.63) is 35.5 Å². The van der Waals surface area contributed by atoms with Crippen LogP contribution in [-0.2, 0) is 0 Å². The molecule has 0 bridgehead atoms. The van der Waals surface area contributed by atoms with Crippen LogP contribution >= 0.6 is 0 Å². The second-order valence-electron chi connectivity index (χ2n) is 4.42. The Morgan fingerprint density at radius 2 is 2.08 bits per heavy atom. The van der Waals surface area contributed by atoms with Gasteiger partial charge in [0.15, 0.2) is 0 Å². The Bertz CT molecular complexity index is 262. The maximum atomic E-state index is 2.35. The molecule has 0 radical (unpaired) electrons. The lowest BCUT2D eigenvalue weighted by Crippen LogP contribution is -2.18. The third-order valence-corrected chi connectivity index (χ3v) is 2.83. The standard InChI is InChI=1S/C13H20/c1-5-6-9-12-11(2)8-7-10-13(12,3)4/h5-6,8-9H,7,10H2,1-4H3/b6-5-,12-9+. The first-order valence-electron chi connectivity index (χ1n) is 5.08. The van der Waals surface area contributed by atoms with Crippen molar-refractivity contribution in [3.8, 4) is 0 Å². The van der Waals surface area contributed by atoms with Crippen LogP contribution in [0.4, 0.5) is 0 Å². The maximum Gasteiger partial charge on any atom is -0.00981 e. The Balaban J connectivity index is 3.00. The highest BCUT2D eigenvalue weighted by Crippen LogP contribution is 2.40. The monoisotopic (exact) mass is 176 g/mol. The molecule has 0 fully saturated rings. The molecule has 0 N–H and O–H groups in total. The van der Waals surface area contributed by atoms with Gasteiger partial charge in [-0.15, -0.1) is 0 Å². The largest absolute Gasteiger partial charge is 0.0877 e. The van der Waals surface area contributed by atoms with Crippen molar-refractivity contribution in [2.75, 3.05) is 0 Å². The molecule has 0 heterocycles. The first-order valence-corrected chi connectivity index (χ1v) is 5.08. The molecule has 1 aliphatic carbocycles. The van der Waals surface area contributed by atoms with Gasteiger partial charge in [-0.1, -0.05) is 43.7 Å². The van der Waals surface area contributed by atoms with Crippen molar-refractivity contribution < 1.29 is 0 Å². The molecule has 0 aromatic carbocycles. The van der Waals surface area contributed by atoms with Gasteiger partial charge in [0.05, 0.1) is 0 Å². The zero-order chi connectivity index (χ0) is 9.90. The second-order valence-corrected chi connectivity index (χ2v) is 4.42. The Morgan fingerprint density at radius 1 is 1.38 bits per heavy atom. The average Bonchev–Trinajstić information content (AvgIpc) is 2.02. The van der Waals surface area contributed by atoms with Gasteiger partial charge in [-0.25, -0.2) is 0 Å². The van der Waals surface area contributed by atoms with E-state index in [4.69, 9.17) is 0 Å². The van der Waals surface area contributed by atoms with E-state index in [0.717, 1.165) is 0 Å². The fraction of sp³-hybridized carbons (Fsp3) is 0.538. The SMILES string of the molecule is C/C=C\C=C1/C(C)=CCCC1(C)C. The molecule has 0 aliphatic heterocycles. The average molecular weight is 176 g/mol. The molecule has 72 valence electrons. The summed E-state index contributed by atoms with van der Waals surface area (Å²) in [6.45, 7) is 8.94. The lowest BCUT2D eigenvalue weighted by atomic mass is 9.73.